The summed E-state index contributed by atoms with van der Waals surface area (Å²) in [5, 5.41) is 15.4. The maximum absolute atomic E-state index is 8.36. The summed E-state index contributed by atoms with van der Waals surface area (Å²) in [6, 6.07) is 13.8. The van der Waals surface area contributed by atoms with Crippen LogP contribution in [0.2, 0.25) is 10.0 Å². The van der Waals surface area contributed by atoms with Gasteiger partial charge in [0.1, 0.15) is 5.75 Å². The van der Waals surface area contributed by atoms with Crippen LogP contribution in [-0.2, 0) is 13.0 Å². The average Bonchev–Trinajstić information content (AvgIpc) is 3.22. The second-order valence-corrected chi connectivity index (χ2v) is 8.38. The third kappa shape index (κ3) is 8.52. The number of aromatic nitrogens is 2. The van der Waals surface area contributed by atoms with Gasteiger partial charge in [-0.25, -0.2) is 4.98 Å². The van der Waals surface area contributed by atoms with E-state index in [1.807, 2.05) is 42.9 Å². The van der Waals surface area contributed by atoms with Gasteiger partial charge in [0.25, 0.3) is 5.09 Å². The lowest BCUT2D eigenvalue weighted by atomic mass is 10.1. The van der Waals surface area contributed by atoms with Crippen LogP contribution in [0.5, 0.6) is 5.75 Å². The van der Waals surface area contributed by atoms with E-state index in [1.165, 1.54) is 5.56 Å². The van der Waals surface area contributed by atoms with Gasteiger partial charge in [-0.3, -0.25) is 0 Å². The highest BCUT2D eigenvalue weighted by atomic mass is 35.5. The molecule has 3 aromatic rings. The summed E-state index contributed by atoms with van der Waals surface area (Å²) in [4.78, 5) is 13.5. The first-order valence-electron chi connectivity index (χ1n) is 8.91. The molecule has 1 aromatic heterocycles. The number of thioether (sulfide) groups is 1. The number of imidazole rings is 1. The molecule has 0 amide bonds. The maximum Gasteiger partial charge on any atom is 0.291 e. The third-order valence-corrected chi connectivity index (χ3v) is 6.06. The van der Waals surface area contributed by atoms with Crippen LogP contribution < -0.4 is 4.74 Å². The molecule has 0 spiro atoms. The zero-order valence-electron chi connectivity index (χ0n) is 16.1. The fraction of sp³-hybridized carbons (Fsp3) is 0.250. The number of rotatable bonds is 8. The largest absolute Gasteiger partial charge is 0.497 e. The van der Waals surface area contributed by atoms with Crippen LogP contribution >= 0.6 is 35.0 Å². The van der Waals surface area contributed by atoms with Gasteiger partial charge in [0.05, 0.1) is 18.5 Å². The van der Waals surface area contributed by atoms with Gasteiger partial charge in [0.15, 0.2) is 0 Å². The van der Waals surface area contributed by atoms with E-state index in [0.717, 1.165) is 35.1 Å². The zero-order valence-corrected chi connectivity index (χ0v) is 18.5. The Morgan fingerprint density at radius 3 is 2.57 bits per heavy atom. The van der Waals surface area contributed by atoms with E-state index in [9.17, 15) is 0 Å². The minimum atomic E-state index is -1.50. The highest BCUT2D eigenvalue weighted by Crippen LogP contribution is 2.35. The molecule has 7 nitrogen and oxygen atoms in total. The lowest BCUT2D eigenvalue weighted by Crippen LogP contribution is -2.13. The first-order valence-corrected chi connectivity index (χ1v) is 10.5. The Balaban J connectivity index is 0.000000735. The Morgan fingerprint density at radius 2 is 1.97 bits per heavy atom. The van der Waals surface area contributed by atoms with E-state index in [0.29, 0.717) is 10.3 Å². The Bertz CT molecular complexity index is 920. The summed E-state index contributed by atoms with van der Waals surface area (Å²) in [7, 11) is 1.68. The quantitative estimate of drug-likeness (QED) is 0.260. The molecular weight excluding hydrogens is 449 g/mol. The molecule has 160 valence electrons. The van der Waals surface area contributed by atoms with Gasteiger partial charge in [0.2, 0.25) is 0 Å². The van der Waals surface area contributed by atoms with E-state index in [4.69, 9.17) is 43.3 Å². The molecule has 30 heavy (non-hydrogen) atoms. The molecule has 0 saturated heterocycles. The second-order valence-electron chi connectivity index (χ2n) is 6.20. The van der Waals surface area contributed by atoms with Gasteiger partial charge in [-0.15, -0.1) is 21.9 Å². The molecule has 0 saturated carbocycles. The Labute approximate surface area is 188 Å². The van der Waals surface area contributed by atoms with Crippen molar-refractivity contribution >= 4 is 35.0 Å². The van der Waals surface area contributed by atoms with Crippen molar-refractivity contribution in [3.8, 4) is 5.75 Å². The highest BCUT2D eigenvalue weighted by molar-refractivity contribution is 8.00. The van der Waals surface area contributed by atoms with Crippen LogP contribution in [0.25, 0.3) is 0 Å². The Morgan fingerprint density at radius 1 is 1.27 bits per heavy atom. The van der Waals surface area contributed by atoms with Gasteiger partial charge in [-0.1, -0.05) is 35.3 Å². The van der Waals surface area contributed by atoms with Crippen molar-refractivity contribution in [1.29, 1.82) is 0 Å². The summed E-state index contributed by atoms with van der Waals surface area (Å²) in [5.74, 6) is 0.879. The number of ether oxygens (including phenoxy) is 1. The van der Waals surface area contributed by atoms with E-state index < -0.39 is 5.09 Å². The molecule has 10 heteroatoms. The van der Waals surface area contributed by atoms with Gasteiger partial charge in [0, 0.05) is 34.1 Å². The van der Waals surface area contributed by atoms with Crippen LogP contribution in [0.3, 0.4) is 0 Å². The topological polar surface area (TPSA) is 90.4 Å². The smallest absolute Gasteiger partial charge is 0.291 e. The highest BCUT2D eigenvalue weighted by Gasteiger charge is 2.14. The molecule has 1 unspecified atom stereocenters. The van der Waals surface area contributed by atoms with E-state index in [1.54, 1.807) is 25.1 Å². The maximum atomic E-state index is 8.36. The molecule has 2 aromatic carbocycles. The zero-order chi connectivity index (χ0) is 21.9. The first kappa shape index (κ1) is 23.9. The minimum Gasteiger partial charge on any atom is -0.497 e. The molecule has 1 atom stereocenters. The number of aryl methyl sites for hydroxylation is 1. The van der Waals surface area contributed by atoms with Crippen molar-refractivity contribution in [2.24, 2.45) is 0 Å². The van der Waals surface area contributed by atoms with Crippen molar-refractivity contribution in [3.63, 3.8) is 0 Å². The van der Waals surface area contributed by atoms with Crippen LogP contribution in [-0.4, -0.2) is 32.2 Å². The predicted octanol–water partition coefficient (Wildman–Crippen LogP) is 5.64. The summed E-state index contributed by atoms with van der Waals surface area (Å²) in [6.07, 6.45) is 7.63. The molecule has 0 bridgehead atoms. The predicted molar refractivity (Wildman–Crippen MR) is 118 cm³/mol. The number of hydrogen-bond acceptors (Lipinski definition) is 5. The number of benzene rings is 2. The van der Waals surface area contributed by atoms with Crippen LogP contribution in [0.1, 0.15) is 12.0 Å². The van der Waals surface area contributed by atoms with Crippen LogP contribution in [0.4, 0.5) is 0 Å². The first-order chi connectivity index (χ1) is 14.4. The number of nitrogens with zero attached hydrogens (tertiary/aromatic N) is 3. The summed E-state index contributed by atoms with van der Waals surface area (Å²) >= 11 is 14.3. The summed E-state index contributed by atoms with van der Waals surface area (Å²) < 4.78 is 7.33. The summed E-state index contributed by atoms with van der Waals surface area (Å²) in [5.41, 5.74) is 1.29. The lowest BCUT2D eigenvalue weighted by molar-refractivity contribution is -0.742. The van der Waals surface area contributed by atoms with Gasteiger partial charge in [-0.05, 0) is 48.7 Å². The average molecular weight is 470 g/mol. The van der Waals surface area contributed by atoms with Crippen molar-refractivity contribution in [2.75, 3.05) is 7.11 Å². The van der Waals surface area contributed by atoms with E-state index in [-0.39, 0.29) is 0 Å². The molecule has 1 N–H and O–H groups in total. The molecule has 3 rings (SSSR count). The molecular formula is C20H21Cl2N3O4S. The van der Waals surface area contributed by atoms with Crippen LogP contribution in [0, 0.1) is 10.1 Å². The molecule has 0 aliphatic rings. The normalized spacial score (nSPS) is 11.3. The lowest BCUT2D eigenvalue weighted by Gasteiger charge is -2.18. The second kappa shape index (κ2) is 12.3. The van der Waals surface area contributed by atoms with Crippen LogP contribution in [0.15, 0.2) is 66.1 Å². The molecule has 0 aliphatic heterocycles. The van der Waals surface area contributed by atoms with Gasteiger partial charge < -0.3 is 14.5 Å². The number of halogens is 2. The summed E-state index contributed by atoms with van der Waals surface area (Å²) in [6.45, 7) is 0.865. The minimum absolute atomic E-state index is 0.349. The Hall–Kier alpha value is -2.42. The standard InChI is InChI=1S/C20H20Cl2N2OS.HNO3/c1-25-17-6-2-15(3-7-17)4-8-18(13-24-11-10-23-14-24)26-20-12-16(21)5-9-19(20)22;2-1(3)4/h2-3,5-7,9-12,14,18H,4,8,13H2,1H3;(H,2,3,4). The van der Waals surface area contributed by atoms with Crippen molar-refractivity contribution < 1.29 is 15.0 Å². The fourth-order valence-electron chi connectivity index (χ4n) is 2.68. The molecule has 0 aliphatic carbocycles. The molecule has 0 fully saturated rings. The monoisotopic (exact) mass is 469 g/mol. The number of hydrogen-bond donors (Lipinski definition) is 1. The van der Waals surface area contributed by atoms with Crippen molar-refractivity contribution in [1.82, 2.24) is 9.55 Å². The Kier molecular flexibility index (Phi) is 9.79. The van der Waals surface area contributed by atoms with Gasteiger partial charge >= 0.3 is 0 Å². The molecule has 1 heterocycles. The van der Waals surface area contributed by atoms with Crippen molar-refractivity contribution in [2.45, 2.75) is 29.5 Å². The molecule has 0 radical (unpaired) electrons. The van der Waals surface area contributed by atoms with Gasteiger partial charge in [-0.2, -0.15) is 0 Å². The van der Waals surface area contributed by atoms with E-state index in [2.05, 4.69) is 21.7 Å². The van der Waals surface area contributed by atoms with E-state index >= 15 is 0 Å². The third-order valence-electron chi connectivity index (χ3n) is 4.07. The fourth-order valence-corrected chi connectivity index (χ4v) is 4.39. The van der Waals surface area contributed by atoms with Crippen molar-refractivity contribution in [3.05, 3.63) is 86.9 Å². The number of methoxy groups -OCH3 is 1. The SMILES string of the molecule is COc1ccc(CCC(Cn2ccnc2)Sc2cc(Cl)ccc2Cl)cc1.O=[N+]([O-])O.